The number of hydrogen-bond acceptors (Lipinski definition) is 3. The topological polar surface area (TPSA) is 72.2 Å². The highest BCUT2D eigenvalue weighted by Gasteiger charge is 2.20. The highest BCUT2D eigenvalue weighted by molar-refractivity contribution is 9.10. The van der Waals surface area contributed by atoms with Crippen molar-refractivity contribution in [3.8, 4) is 0 Å². The molecule has 21 heavy (non-hydrogen) atoms. The SMILES string of the molecule is NCc1ccccc1S(=O)(=O)Nc1c(Cl)cc(F)cc1Br. The van der Waals surface area contributed by atoms with Gasteiger partial charge in [-0.1, -0.05) is 29.8 Å². The van der Waals surface area contributed by atoms with Crippen LogP contribution in [0.25, 0.3) is 0 Å². The molecule has 3 N–H and O–H groups in total. The Labute approximate surface area is 135 Å². The van der Waals surface area contributed by atoms with Crippen LogP contribution in [0, 0.1) is 5.82 Å². The fourth-order valence-electron chi connectivity index (χ4n) is 1.76. The van der Waals surface area contributed by atoms with Crippen LogP contribution in [-0.4, -0.2) is 8.42 Å². The Balaban J connectivity index is 2.48. The zero-order chi connectivity index (χ0) is 15.6. The fraction of sp³-hybridized carbons (Fsp3) is 0.0769. The number of anilines is 1. The van der Waals surface area contributed by atoms with Crippen LogP contribution in [0.5, 0.6) is 0 Å². The van der Waals surface area contributed by atoms with E-state index in [0.717, 1.165) is 12.1 Å². The van der Waals surface area contributed by atoms with Crippen LogP contribution in [0.3, 0.4) is 0 Å². The molecule has 0 aliphatic heterocycles. The molecule has 0 radical (unpaired) electrons. The van der Waals surface area contributed by atoms with Gasteiger partial charge in [-0.2, -0.15) is 0 Å². The molecule has 0 aliphatic rings. The minimum Gasteiger partial charge on any atom is -0.326 e. The second kappa shape index (κ2) is 6.31. The third-order valence-electron chi connectivity index (χ3n) is 2.73. The van der Waals surface area contributed by atoms with Crippen molar-refractivity contribution in [1.29, 1.82) is 0 Å². The van der Waals surface area contributed by atoms with E-state index in [4.69, 9.17) is 17.3 Å². The Morgan fingerprint density at radius 2 is 1.95 bits per heavy atom. The first-order chi connectivity index (χ1) is 9.85. The van der Waals surface area contributed by atoms with Crippen molar-refractivity contribution >= 4 is 43.2 Å². The summed E-state index contributed by atoms with van der Waals surface area (Å²) < 4.78 is 40.6. The first kappa shape index (κ1) is 16.2. The highest BCUT2D eigenvalue weighted by atomic mass is 79.9. The molecule has 2 aromatic carbocycles. The molecule has 0 unspecified atom stereocenters. The van der Waals surface area contributed by atoms with Gasteiger partial charge in [0.15, 0.2) is 0 Å². The fourth-order valence-corrected chi connectivity index (χ4v) is 4.20. The van der Waals surface area contributed by atoms with Gasteiger partial charge in [-0.3, -0.25) is 4.72 Å². The monoisotopic (exact) mass is 392 g/mol. The maximum absolute atomic E-state index is 13.2. The quantitative estimate of drug-likeness (QED) is 0.835. The zero-order valence-corrected chi connectivity index (χ0v) is 13.8. The maximum atomic E-state index is 13.2. The zero-order valence-electron chi connectivity index (χ0n) is 10.6. The van der Waals surface area contributed by atoms with Crippen LogP contribution in [0.1, 0.15) is 5.56 Å². The summed E-state index contributed by atoms with van der Waals surface area (Å²) in [5, 5.41) is -0.0457. The molecule has 0 heterocycles. The van der Waals surface area contributed by atoms with E-state index in [9.17, 15) is 12.8 Å². The number of halogens is 3. The highest BCUT2D eigenvalue weighted by Crippen LogP contribution is 2.33. The Morgan fingerprint density at radius 3 is 2.57 bits per heavy atom. The van der Waals surface area contributed by atoms with E-state index in [1.807, 2.05) is 0 Å². The van der Waals surface area contributed by atoms with Crippen LogP contribution < -0.4 is 10.5 Å². The van der Waals surface area contributed by atoms with Gasteiger partial charge in [0.1, 0.15) is 5.82 Å². The van der Waals surface area contributed by atoms with Gasteiger partial charge >= 0.3 is 0 Å². The molecular formula is C13H11BrClFN2O2S. The van der Waals surface area contributed by atoms with Gasteiger partial charge in [0.05, 0.1) is 15.6 Å². The summed E-state index contributed by atoms with van der Waals surface area (Å²) in [5.74, 6) is -0.572. The molecule has 0 aliphatic carbocycles. The Hall–Kier alpha value is -1.15. The van der Waals surface area contributed by atoms with Gasteiger partial charge < -0.3 is 5.73 Å². The average Bonchev–Trinajstić information content (AvgIpc) is 2.43. The summed E-state index contributed by atoms with van der Waals surface area (Å²) >= 11 is 8.96. The predicted octanol–water partition coefficient (Wildman–Crippen LogP) is 3.50. The summed E-state index contributed by atoms with van der Waals surface area (Å²) in [5.41, 5.74) is 6.09. The predicted molar refractivity (Wildman–Crippen MR) is 84.3 cm³/mol. The van der Waals surface area contributed by atoms with Crippen LogP contribution in [-0.2, 0) is 16.6 Å². The van der Waals surface area contributed by atoms with E-state index in [-0.39, 0.29) is 26.6 Å². The van der Waals surface area contributed by atoms with E-state index in [0.29, 0.717) is 5.56 Å². The normalized spacial score (nSPS) is 11.4. The van der Waals surface area contributed by atoms with Gasteiger partial charge in [-0.15, -0.1) is 0 Å². The first-order valence-corrected chi connectivity index (χ1v) is 8.46. The second-order valence-electron chi connectivity index (χ2n) is 4.16. The van der Waals surface area contributed by atoms with E-state index >= 15 is 0 Å². The second-order valence-corrected chi connectivity index (χ2v) is 7.07. The van der Waals surface area contributed by atoms with Gasteiger partial charge in [-0.25, -0.2) is 12.8 Å². The van der Waals surface area contributed by atoms with Crippen molar-refractivity contribution in [2.45, 2.75) is 11.4 Å². The summed E-state index contributed by atoms with van der Waals surface area (Å²) in [4.78, 5) is 0.0554. The van der Waals surface area contributed by atoms with Crippen molar-refractivity contribution in [3.05, 3.63) is 57.3 Å². The van der Waals surface area contributed by atoms with Crippen molar-refractivity contribution < 1.29 is 12.8 Å². The number of nitrogens with one attached hydrogen (secondary N) is 1. The molecule has 2 aromatic rings. The molecule has 112 valence electrons. The number of nitrogens with two attached hydrogens (primary N) is 1. The molecular weight excluding hydrogens is 383 g/mol. The lowest BCUT2D eigenvalue weighted by molar-refractivity contribution is 0.599. The Kier molecular flexibility index (Phi) is 4.88. The van der Waals surface area contributed by atoms with Gasteiger partial charge in [0.2, 0.25) is 0 Å². The van der Waals surface area contributed by atoms with Gasteiger partial charge in [0, 0.05) is 11.0 Å². The third kappa shape index (κ3) is 3.55. The van der Waals surface area contributed by atoms with E-state index in [1.54, 1.807) is 18.2 Å². The van der Waals surface area contributed by atoms with Crippen molar-refractivity contribution in [1.82, 2.24) is 0 Å². The van der Waals surface area contributed by atoms with E-state index in [2.05, 4.69) is 20.7 Å². The number of benzene rings is 2. The number of sulfonamides is 1. The maximum Gasteiger partial charge on any atom is 0.262 e. The molecule has 0 amide bonds. The summed E-state index contributed by atoms with van der Waals surface area (Å²) in [6.07, 6.45) is 0. The number of hydrogen-bond donors (Lipinski definition) is 2. The molecule has 0 spiro atoms. The van der Waals surface area contributed by atoms with Crippen molar-refractivity contribution in [2.24, 2.45) is 5.73 Å². The summed E-state index contributed by atoms with van der Waals surface area (Å²) in [6.45, 7) is 0.0788. The van der Waals surface area contributed by atoms with E-state index in [1.165, 1.54) is 6.07 Å². The molecule has 0 saturated heterocycles. The molecule has 0 saturated carbocycles. The van der Waals surface area contributed by atoms with Crippen LogP contribution in [0.2, 0.25) is 5.02 Å². The van der Waals surface area contributed by atoms with E-state index < -0.39 is 15.8 Å². The third-order valence-corrected chi connectivity index (χ3v) is 5.10. The Morgan fingerprint density at radius 1 is 1.29 bits per heavy atom. The molecule has 8 heteroatoms. The largest absolute Gasteiger partial charge is 0.326 e. The molecule has 0 atom stereocenters. The average molecular weight is 394 g/mol. The lowest BCUT2D eigenvalue weighted by atomic mass is 10.2. The molecule has 0 bridgehead atoms. The Bertz CT molecular complexity index is 760. The standard InChI is InChI=1S/C13H11BrClFN2O2S/c14-10-5-9(16)6-11(15)13(10)18-21(19,20)12-4-2-1-3-8(12)7-17/h1-6,18H,7,17H2. The first-order valence-electron chi connectivity index (χ1n) is 5.80. The van der Waals surface area contributed by atoms with Gasteiger partial charge in [-0.05, 0) is 39.7 Å². The van der Waals surface area contributed by atoms with Crippen molar-refractivity contribution in [3.63, 3.8) is 0 Å². The summed E-state index contributed by atoms with van der Waals surface area (Å²) in [6, 6.07) is 8.50. The molecule has 4 nitrogen and oxygen atoms in total. The minimum atomic E-state index is -3.88. The lowest BCUT2D eigenvalue weighted by Crippen LogP contribution is -2.16. The lowest BCUT2D eigenvalue weighted by Gasteiger charge is -2.13. The molecule has 2 rings (SSSR count). The van der Waals surface area contributed by atoms with Crippen LogP contribution >= 0.6 is 27.5 Å². The number of rotatable bonds is 4. The van der Waals surface area contributed by atoms with Crippen LogP contribution in [0.15, 0.2) is 45.8 Å². The minimum absolute atomic E-state index is 0.0457. The smallest absolute Gasteiger partial charge is 0.262 e. The van der Waals surface area contributed by atoms with Gasteiger partial charge in [0.25, 0.3) is 10.0 Å². The molecule has 0 aromatic heterocycles. The van der Waals surface area contributed by atoms with Crippen molar-refractivity contribution in [2.75, 3.05) is 4.72 Å². The summed E-state index contributed by atoms with van der Waals surface area (Å²) in [7, 11) is -3.88. The van der Waals surface area contributed by atoms with Crippen LogP contribution in [0.4, 0.5) is 10.1 Å². The molecule has 0 fully saturated rings.